The molecule has 0 amide bonds. The van der Waals surface area contributed by atoms with Crippen LogP contribution in [-0.4, -0.2) is 89.2 Å². The molecular formula is C59H94O12. The molecule has 6 unspecified atom stereocenters. The summed E-state index contributed by atoms with van der Waals surface area (Å²) in [6.07, 6.45) is 48.5. The number of hydrogen-bond acceptors (Lipinski definition) is 11. The van der Waals surface area contributed by atoms with Gasteiger partial charge in [0.25, 0.3) is 0 Å². The normalized spacial score (nSPS) is 19.3. The summed E-state index contributed by atoms with van der Waals surface area (Å²) < 4.78 is 28.2. The number of rotatable bonds is 44. The topological polar surface area (TPSA) is 175 Å². The zero-order valence-electron chi connectivity index (χ0n) is 43.9. The van der Waals surface area contributed by atoms with E-state index in [-0.39, 0.29) is 25.9 Å². The van der Waals surface area contributed by atoms with Crippen LogP contribution in [-0.2, 0) is 42.9 Å². The fraction of sp³-hybridized carbons (Fsp3) is 0.661. The number of aliphatic hydroxyl groups excluding tert-OH is 2. The second-order valence-corrected chi connectivity index (χ2v) is 18.1. The molecular weight excluding hydrogens is 901 g/mol. The number of carbonyl (C=O) groups excluding carboxylic acids is 3. The Hall–Kier alpha value is -4.36. The van der Waals surface area contributed by atoms with Gasteiger partial charge in [-0.1, -0.05) is 201 Å². The summed E-state index contributed by atoms with van der Waals surface area (Å²) in [5.74, 6) is -3.33. The van der Waals surface area contributed by atoms with Crippen molar-refractivity contribution in [2.24, 2.45) is 0 Å². The van der Waals surface area contributed by atoms with Crippen LogP contribution in [0.4, 0.5) is 0 Å². The number of aliphatic hydroxyl groups is 2. The van der Waals surface area contributed by atoms with E-state index in [1.807, 2.05) is 12.2 Å². The van der Waals surface area contributed by atoms with Gasteiger partial charge in [-0.15, -0.1) is 0 Å². The van der Waals surface area contributed by atoms with Gasteiger partial charge in [-0.05, 0) is 77.0 Å². The third-order valence-corrected chi connectivity index (χ3v) is 11.7. The Bertz CT molecular complexity index is 1610. The summed E-state index contributed by atoms with van der Waals surface area (Å²) in [5, 5.41) is 31.4. The molecule has 1 fully saturated rings. The van der Waals surface area contributed by atoms with Gasteiger partial charge < -0.3 is 39.0 Å². The maximum atomic E-state index is 13.1. The van der Waals surface area contributed by atoms with Gasteiger partial charge in [0.15, 0.2) is 24.6 Å². The lowest BCUT2D eigenvalue weighted by atomic mass is 9.98. The van der Waals surface area contributed by atoms with E-state index >= 15 is 0 Å². The van der Waals surface area contributed by atoms with Crippen molar-refractivity contribution >= 4 is 23.9 Å². The first-order chi connectivity index (χ1) is 34.6. The molecule has 3 N–H and O–H groups in total. The van der Waals surface area contributed by atoms with Crippen molar-refractivity contribution in [2.75, 3.05) is 13.2 Å². The molecule has 0 aromatic rings. The zero-order chi connectivity index (χ0) is 51.8. The van der Waals surface area contributed by atoms with Gasteiger partial charge in [-0.25, -0.2) is 4.79 Å². The van der Waals surface area contributed by atoms with Crippen LogP contribution >= 0.6 is 0 Å². The van der Waals surface area contributed by atoms with Crippen molar-refractivity contribution in [3.05, 3.63) is 97.2 Å². The number of aliphatic carboxylic acids is 1. The van der Waals surface area contributed by atoms with Crippen LogP contribution in [0.3, 0.4) is 0 Å². The average Bonchev–Trinajstić information content (AvgIpc) is 3.35. The van der Waals surface area contributed by atoms with Crippen molar-refractivity contribution in [1.29, 1.82) is 0 Å². The van der Waals surface area contributed by atoms with Crippen LogP contribution in [0.25, 0.3) is 0 Å². The molecule has 0 radical (unpaired) electrons. The maximum absolute atomic E-state index is 13.1. The van der Waals surface area contributed by atoms with Crippen LogP contribution < -0.4 is 0 Å². The number of allylic oxidation sites excluding steroid dienone is 15. The fourth-order valence-electron chi connectivity index (χ4n) is 7.57. The Balaban J connectivity index is 2.80. The Morgan fingerprint density at radius 1 is 0.493 bits per heavy atom. The van der Waals surface area contributed by atoms with Gasteiger partial charge in [-0.3, -0.25) is 14.4 Å². The first-order valence-electron chi connectivity index (χ1n) is 27.2. The second kappa shape index (κ2) is 46.7. The molecule has 1 saturated heterocycles. The number of carboxylic acids is 1. The van der Waals surface area contributed by atoms with E-state index in [4.69, 9.17) is 23.7 Å². The average molecular weight is 995 g/mol. The Morgan fingerprint density at radius 2 is 0.930 bits per heavy atom. The van der Waals surface area contributed by atoms with Crippen LogP contribution in [0.2, 0.25) is 0 Å². The van der Waals surface area contributed by atoms with Gasteiger partial charge in [0.1, 0.15) is 18.8 Å². The quantitative estimate of drug-likeness (QED) is 0.0228. The predicted octanol–water partition coefficient (Wildman–Crippen LogP) is 13.3. The number of unbranched alkanes of at least 4 members (excludes halogenated alkanes) is 15. The smallest absolute Gasteiger partial charge is 0.335 e. The highest BCUT2D eigenvalue weighted by atomic mass is 16.7. The number of carboxylic acid groups (broad SMARTS) is 1. The van der Waals surface area contributed by atoms with Crippen molar-refractivity contribution in [1.82, 2.24) is 0 Å². The highest BCUT2D eigenvalue weighted by Gasteiger charge is 2.50. The minimum atomic E-state index is -1.92. The second-order valence-electron chi connectivity index (χ2n) is 18.1. The molecule has 402 valence electrons. The molecule has 1 aliphatic heterocycles. The highest BCUT2D eigenvalue weighted by molar-refractivity contribution is 5.74. The maximum Gasteiger partial charge on any atom is 0.335 e. The first-order valence-corrected chi connectivity index (χ1v) is 27.2. The molecule has 0 spiro atoms. The molecule has 0 aromatic carbocycles. The van der Waals surface area contributed by atoms with Crippen LogP contribution in [0.5, 0.6) is 0 Å². The van der Waals surface area contributed by atoms with Crippen molar-refractivity contribution < 1.29 is 58.2 Å². The Morgan fingerprint density at radius 3 is 1.42 bits per heavy atom. The predicted molar refractivity (Wildman–Crippen MR) is 284 cm³/mol. The molecule has 12 heteroatoms. The number of ether oxygens (including phenoxy) is 5. The van der Waals surface area contributed by atoms with E-state index < -0.39 is 67.3 Å². The lowest BCUT2D eigenvalue weighted by molar-refractivity contribution is -0.301. The first kappa shape index (κ1) is 64.7. The lowest BCUT2D eigenvalue weighted by Gasteiger charge is -2.40. The highest BCUT2D eigenvalue weighted by Crippen LogP contribution is 2.26. The van der Waals surface area contributed by atoms with Gasteiger partial charge in [-0.2, -0.15) is 0 Å². The van der Waals surface area contributed by atoms with Crippen LogP contribution in [0.15, 0.2) is 97.2 Å². The van der Waals surface area contributed by atoms with Crippen LogP contribution in [0.1, 0.15) is 201 Å². The van der Waals surface area contributed by atoms with Crippen LogP contribution in [0, 0.1) is 0 Å². The van der Waals surface area contributed by atoms with E-state index in [0.29, 0.717) is 19.3 Å². The SMILES string of the molecule is CC/C=C\C/C=C\C/C=C\C/C=C\C/C=C\CC(=O)OCC(COC1OC(C(=O)O)C(O)C(O)C1OC(=O)CCCCCCCCCCCCCCC)OC(=O)CCCCC/C=C\C/C=C\C/C=C\CC. The third-order valence-electron chi connectivity index (χ3n) is 11.7. The Kier molecular flexibility index (Phi) is 42.5. The molecule has 1 rings (SSSR count). The van der Waals surface area contributed by atoms with E-state index in [2.05, 4.69) is 99.8 Å². The monoisotopic (exact) mass is 995 g/mol. The largest absolute Gasteiger partial charge is 0.479 e. The summed E-state index contributed by atoms with van der Waals surface area (Å²) in [5.41, 5.74) is 0. The summed E-state index contributed by atoms with van der Waals surface area (Å²) >= 11 is 0. The molecule has 1 aliphatic rings. The minimum absolute atomic E-state index is 0.0243. The fourth-order valence-corrected chi connectivity index (χ4v) is 7.57. The number of esters is 3. The van der Waals surface area contributed by atoms with Crippen molar-refractivity contribution in [2.45, 2.75) is 237 Å². The van der Waals surface area contributed by atoms with E-state index in [1.165, 1.54) is 51.4 Å². The van der Waals surface area contributed by atoms with Gasteiger partial charge >= 0.3 is 23.9 Å². The minimum Gasteiger partial charge on any atom is -0.479 e. The summed E-state index contributed by atoms with van der Waals surface area (Å²) in [4.78, 5) is 50.9. The molecule has 6 atom stereocenters. The molecule has 0 saturated carbocycles. The molecule has 71 heavy (non-hydrogen) atoms. The molecule has 0 bridgehead atoms. The van der Waals surface area contributed by atoms with E-state index in [9.17, 15) is 34.5 Å². The van der Waals surface area contributed by atoms with E-state index in [0.717, 1.165) is 89.9 Å². The van der Waals surface area contributed by atoms with Crippen molar-refractivity contribution in [3.63, 3.8) is 0 Å². The zero-order valence-corrected chi connectivity index (χ0v) is 43.9. The van der Waals surface area contributed by atoms with Gasteiger partial charge in [0, 0.05) is 12.8 Å². The molecule has 0 aliphatic carbocycles. The molecule has 0 aromatic heterocycles. The number of carbonyl (C=O) groups is 4. The molecule has 1 heterocycles. The summed E-state index contributed by atoms with van der Waals surface area (Å²) in [7, 11) is 0. The van der Waals surface area contributed by atoms with Crippen molar-refractivity contribution in [3.8, 4) is 0 Å². The summed E-state index contributed by atoms with van der Waals surface area (Å²) in [6, 6.07) is 0. The Labute approximate surface area is 428 Å². The number of hydrogen-bond donors (Lipinski definition) is 3. The lowest BCUT2D eigenvalue weighted by Crippen LogP contribution is -2.61. The van der Waals surface area contributed by atoms with Gasteiger partial charge in [0.05, 0.1) is 13.0 Å². The van der Waals surface area contributed by atoms with Gasteiger partial charge in [0.2, 0.25) is 0 Å². The summed E-state index contributed by atoms with van der Waals surface area (Å²) in [6.45, 7) is 5.62. The third kappa shape index (κ3) is 37.1. The standard InChI is InChI=1S/C59H94O12/c1-4-7-10-13-16-19-22-25-26-29-30-33-36-39-42-45-51(60)67-48-50(69-52(61)46-43-40-37-34-31-27-23-20-17-14-11-8-5-2)49-68-59-57(55(64)54(63)56(71-59)58(65)66)70-53(62)47-44-41-38-35-32-28-24-21-18-15-12-9-6-3/h7-8,10-11,16-17,19-20,25-27,30-31,33,39,42,50,54-57,59,63-64H,4-6,9,12-15,18,21-24,28-29,32,34-38,40-41,43-49H2,1-3H3,(H,65,66)/b10-7-,11-8-,19-16-,20-17-,26-25-,31-27-,33-30-,42-39-. The molecule has 12 nitrogen and oxygen atoms in total. The van der Waals surface area contributed by atoms with E-state index in [1.54, 1.807) is 6.08 Å².